The summed E-state index contributed by atoms with van der Waals surface area (Å²) in [6.07, 6.45) is 0.926. The lowest BCUT2D eigenvalue weighted by molar-refractivity contribution is 0.0952. The smallest absolute Gasteiger partial charge is 0.251 e. The number of aromatic nitrogens is 2. The molecule has 1 amide bonds. The van der Waals surface area contributed by atoms with Gasteiger partial charge in [-0.15, -0.1) is 11.3 Å². The number of nitrogens with zero attached hydrogens (tertiary/aromatic N) is 3. The van der Waals surface area contributed by atoms with Crippen LogP contribution in [0.5, 0.6) is 0 Å². The Morgan fingerprint density at radius 1 is 1.13 bits per heavy atom. The summed E-state index contributed by atoms with van der Waals surface area (Å²) in [5, 5.41) is 10.9. The largest absolute Gasteiger partial charge is 0.356 e. The number of hydrogen-bond donors (Lipinski definition) is 1. The molecule has 0 unspecified atom stereocenters. The lowest BCUT2D eigenvalue weighted by Gasteiger charge is -2.17. The topological polar surface area (TPSA) is 71.3 Å². The number of rotatable bonds is 9. The maximum absolute atomic E-state index is 12.6. The van der Waals surface area contributed by atoms with Gasteiger partial charge in [-0.25, -0.2) is 4.98 Å². The maximum Gasteiger partial charge on any atom is 0.251 e. The highest BCUT2D eigenvalue weighted by Crippen LogP contribution is 2.32. The van der Waals surface area contributed by atoms with Gasteiger partial charge < -0.3 is 14.7 Å². The van der Waals surface area contributed by atoms with Gasteiger partial charge in [0.25, 0.3) is 5.91 Å². The molecule has 0 bridgehead atoms. The van der Waals surface area contributed by atoms with Crippen LogP contribution in [0.4, 0.5) is 0 Å². The first kappa shape index (κ1) is 21.2. The molecule has 7 heteroatoms. The Balaban J connectivity index is 1.49. The summed E-state index contributed by atoms with van der Waals surface area (Å²) >= 11 is 1.56. The van der Waals surface area contributed by atoms with Crippen molar-refractivity contribution >= 4 is 28.2 Å². The van der Waals surface area contributed by atoms with Gasteiger partial charge in [0.15, 0.2) is 5.58 Å². The van der Waals surface area contributed by atoms with E-state index in [1.165, 1.54) is 0 Å². The monoisotopic (exact) mass is 434 g/mol. The summed E-state index contributed by atoms with van der Waals surface area (Å²) in [6, 6.07) is 15.4. The molecule has 160 valence electrons. The van der Waals surface area contributed by atoms with Gasteiger partial charge in [-0.2, -0.15) is 0 Å². The quantitative estimate of drug-likeness (QED) is 0.372. The lowest BCUT2D eigenvalue weighted by atomic mass is 10.1. The van der Waals surface area contributed by atoms with Crippen molar-refractivity contribution in [3.8, 4) is 22.0 Å². The first-order valence-electron chi connectivity index (χ1n) is 10.6. The zero-order valence-electron chi connectivity index (χ0n) is 17.8. The summed E-state index contributed by atoms with van der Waals surface area (Å²) in [6.45, 7) is 7.99. The van der Waals surface area contributed by atoms with Crippen LogP contribution >= 0.6 is 11.3 Å². The Labute approximate surface area is 185 Å². The molecule has 2 aromatic carbocycles. The van der Waals surface area contributed by atoms with E-state index in [1.54, 1.807) is 23.5 Å². The molecule has 0 saturated heterocycles. The molecule has 6 nitrogen and oxygen atoms in total. The van der Waals surface area contributed by atoms with E-state index < -0.39 is 0 Å². The fourth-order valence-electron chi connectivity index (χ4n) is 3.51. The first-order valence-corrected chi connectivity index (χ1v) is 11.5. The predicted molar refractivity (Wildman–Crippen MR) is 125 cm³/mol. The molecule has 0 aliphatic heterocycles. The number of hydrogen-bond acceptors (Lipinski definition) is 6. The van der Waals surface area contributed by atoms with Crippen molar-refractivity contribution in [1.82, 2.24) is 20.4 Å². The molecule has 0 radical (unpaired) electrons. The van der Waals surface area contributed by atoms with Crippen molar-refractivity contribution in [2.24, 2.45) is 0 Å². The first-order chi connectivity index (χ1) is 15.2. The van der Waals surface area contributed by atoms with Gasteiger partial charge in [0, 0.05) is 23.1 Å². The number of amides is 1. The second-order valence-electron chi connectivity index (χ2n) is 7.28. The fraction of sp³-hybridized carbons (Fsp3) is 0.292. The van der Waals surface area contributed by atoms with Crippen molar-refractivity contribution in [3.05, 3.63) is 59.5 Å². The maximum atomic E-state index is 12.6. The Morgan fingerprint density at radius 2 is 1.94 bits per heavy atom. The van der Waals surface area contributed by atoms with Crippen LogP contribution in [0.25, 0.3) is 32.9 Å². The Bertz CT molecular complexity index is 1150. The van der Waals surface area contributed by atoms with Crippen molar-refractivity contribution in [2.75, 3.05) is 26.2 Å². The van der Waals surface area contributed by atoms with Crippen LogP contribution in [0, 0.1) is 0 Å². The molecule has 0 aliphatic rings. The number of benzene rings is 2. The summed E-state index contributed by atoms with van der Waals surface area (Å²) < 4.78 is 5.48. The molecule has 2 aromatic heterocycles. The molecule has 0 aliphatic carbocycles. The highest BCUT2D eigenvalue weighted by Gasteiger charge is 2.16. The molecule has 0 atom stereocenters. The zero-order chi connectivity index (χ0) is 21.6. The minimum atomic E-state index is -0.0863. The highest BCUT2D eigenvalue weighted by atomic mass is 32.1. The van der Waals surface area contributed by atoms with E-state index in [0.717, 1.165) is 47.7 Å². The Hall–Kier alpha value is -3.03. The van der Waals surface area contributed by atoms with Crippen molar-refractivity contribution in [3.63, 3.8) is 0 Å². The number of nitrogens with one attached hydrogen (secondary N) is 1. The standard InChI is InChI=1S/C24H26N4O2S/c1-3-28(4-2)14-8-13-25-23(29)18-11-12-21-19(15-18)22(27-30-21)20-16-31-24(26-20)17-9-6-5-7-10-17/h5-7,9-12,15-16H,3-4,8,13-14H2,1-2H3,(H,25,29). The van der Waals surface area contributed by atoms with Gasteiger partial charge in [-0.05, 0) is 44.3 Å². The normalized spacial score (nSPS) is 11.3. The molecular weight excluding hydrogens is 408 g/mol. The number of carbonyl (C=O) groups is 1. The van der Waals surface area contributed by atoms with E-state index in [1.807, 2.05) is 41.8 Å². The third-order valence-corrected chi connectivity index (χ3v) is 6.22. The van der Waals surface area contributed by atoms with E-state index >= 15 is 0 Å². The molecular formula is C24H26N4O2S. The van der Waals surface area contributed by atoms with Crippen LogP contribution in [0.2, 0.25) is 0 Å². The summed E-state index contributed by atoms with van der Waals surface area (Å²) in [5.74, 6) is -0.0863. The number of thiazole rings is 1. The van der Waals surface area contributed by atoms with Crippen molar-refractivity contribution in [2.45, 2.75) is 20.3 Å². The molecule has 0 spiro atoms. The number of carbonyl (C=O) groups excluding carboxylic acids is 1. The van der Waals surface area contributed by atoms with E-state index in [4.69, 9.17) is 9.51 Å². The SMILES string of the molecule is CCN(CC)CCCNC(=O)c1ccc2onc(-c3csc(-c4ccccc4)n3)c2c1. The van der Waals surface area contributed by atoms with Gasteiger partial charge in [-0.3, -0.25) is 4.79 Å². The molecule has 4 rings (SSSR count). The summed E-state index contributed by atoms with van der Waals surface area (Å²) in [5.41, 5.74) is 3.71. The average Bonchev–Trinajstić information content (AvgIpc) is 3.46. The van der Waals surface area contributed by atoms with Crippen LogP contribution in [0.15, 0.2) is 58.4 Å². The van der Waals surface area contributed by atoms with E-state index in [-0.39, 0.29) is 5.91 Å². The molecule has 4 aromatic rings. The third kappa shape index (κ3) is 4.84. The Morgan fingerprint density at radius 3 is 2.71 bits per heavy atom. The number of fused-ring (bicyclic) bond motifs is 1. The van der Waals surface area contributed by atoms with Crippen LogP contribution in [0.3, 0.4) is 0 Å². The average molecular weight is 435 g/mol. The van der Waals surface area contributed by atoms with Crippen LogP contribution in [0.1, 0.15) is 30.6 Å². The second-order valence-corrected chi connectivity index (χ2v) is 8.14. The molecule has 1 N–H and O–H groups in total. The van der Waals surface area contributed by atoms with Crippen LogP contribution in [-0.2, 0) is 0 Å². The van der Waals surface area contributed by atoms with Gasteiger partial charge in [0.1, 0.15) is 16.4 Å². The van der Waals surface area contributed by atoms with E-state index in [2.05, 4.69) is 29.2 Å². The lowest BCUT2D eigenvalue weighted by Crippen LogP contribution is -2.29. The second kappa shape index (κ2) is 9.85. The molecule has 0 fully saturated rings. The van der Waals surface area contributed by atoms with Gasteiger partial charge in [-0.1, -0.05) is 49.3 Å². The highest BCUT2D eigenvalue weighted by molar-refractivity contribution is 7.13. The molecule has 2 heterocycles. The van der Waals surface area contributed by atoms with E-state index in [0.29, 0.717) is 23.4 Å². The third-order valence-electron chi connectivity index (χ3n) is 5.33. The fourth-order valence-corrected chi connectivity index (χ4v) is 4.32. The summed E-state index contributed by atoms with van der Waals surface area (Å²) in [4.78, 5) is 19.7. The molecule has 31 heavy (non-hydrogen) atoms. The van der Waals surface area contributed by atoms with E-state index in [9.17, 15) is 4.79 Å². The van der Waals surface area contributed by atoms with Gasteiger partial charge >= 0.3 is 0 Å². The van der Waals surface area contributed by atoms with Crippen LogP contribution < -0.4 is 5.32 Å². The molecule has 0 saturated carbocycles. The zero-order valence-corrected chi connectivity index (χ0v) is 18.6. The van der Waals surface area contributed by atoms with Crippen molar-refractivity contribution < 1.29 is 9.32 Å². The van der Waals surface area contributed by atoms with Gasteiger partial charge in [0.05, 0.1) is 5.39 Å². The van der Waals surface area contributed by atoms with Crippen molar-refractivity contribution in [1.29, 1.82) is 0 Å². The Kier molecular flexibility index (Phi) is 6.74. The van der Waals surface area contributed by atoms with Crippen LogP contribution in [-0.4, -0.2) is 47.1 Å². The minimum absolute atomic E-state index is 0.0863. The summed E-state index contributed by atoms with van der Waals surface area (Å²) in [7, 11) is 0. The van der Waals surface area contributed by atoms with Gasteiger partial charge in [0.2, 0.25) is 0 Å². The minimum Gasteiger partial charge on any atom is -0.356 e. The predicted octanol–water partition coefficient (Wildman–Crippen LogP) is 5.08.